The van der Waals surface area contributed by atoms with Crippen LogP contribution in [0.25, 0.3) is 0 Å². The van der Waals surface area contributed by atoms with E-state index in [1.165, 1.54) is 0 Å². The highest BCUT2D eigenvalue weighted by molar-refractivity contribution is 5.34. The molecule has 1 fully saturated rings. The van der Waals surface area contributed by atoms with Gasteiger partial charge in [-0.05, 0) is 24.5 Å². The summed E-state index contributed by atoms with van der Waals surface area (Å²) in [6.45, 7) is 6.60. The highest BCUT2D eigenvalue weighted by Crippen LogP contribution is 2.41. The molecule has 0 saturated carbocycles. The number of nitrogens with one attached hydrogen (secondary N) is 1. The van der Waals surface area contributed by atoms with Gasteiger partial charge >= 0.3 is 6.18 Å². The van der Waals surface area contributed by atoms with E-state index in [1.807, 2.05) is 18.7 Å². The molecule has 0 aliphatic carbocycles. The summed E-state index contributed by atoms with van der Waals surface area (Å²) in [6, 6.07) is 2.72. The van der Waals surface area contributed by atoms with Crippen molar-refractivity contribution >= 4 is 0 Å². The third-order valence-corrected chi connectivity index (χ3v) is 4.48. The number of halogens is 4. The Bertz CT molecular complexity index is 510. The summed E-state index contributed by atoms with van der Waals surface area (Å²) in [5, 5.41) is 3.19. The second-order valence-corrected chi connectivity index (χ2v) is 6.20. The largest absolute Gasteiger partial charge is 0.416 e. The number of alkyl halides is 3. The van der Waals surface area contributed by atoms with E-state index in [-0.39, 0.29) is 11.5 Å². The smallest absolute Gasteiger partial charge is 0.314 e. The van der Waals surface area contributed by atoms with Crippen LogP contribution in [0, 0.1) is 11.7 Å². The first-order valence-electron chi connectivity index (χ1n) is 8.16. The van der Waals surface area contributed by atoms with Gasteiger partial charge in [0.05, 0.1) is 5.56 Å². The van der Waals surface area contributed by atoms with E-state index >= 15 is 0 Å². The van der Waals surface area contributed by atoms with Crippen molar-refractivity contribution in [3.63, 3.8) is 0 Å². The second-order valence-electron chi connectivity index (χ2n) is 6.20. The topological polar surface area (TPSA) is 15.3 Å². The van der Waals surface area contributed by atoms with Crippen molar-refractivity contribution in [1.29, 1.82) is 0 Å². The van der Waals surface area contributed by atoms with E-state index in [0.717, 1.165) is 31.0 Å². The number of rotatable bonds is 5. The van der Waals surface area contributed by atoms with Crippen LogP contribution in [0.4, 0.5) is 17.6 Å². The van der Waals surface area contributed by atoms with Crippen LogP contribution in [0.15, 0.2) is 18.2 Å². The number of hydrogen-bond donors (Lipinski definition) is 1. The maximum absolute atomic E-state index is 14.4. The molecule has 1 aromatic rings. The minimum Gasteiger partial charge on any atom is -0.314 e. The van der Waals surface area contributed by atoms with Crippen molar-refractivity contribution in [3.05, 3.63) is 35.1 Å². The standard InChI is InChI=1S/C17H24F4N2/c1-3-5-12(2)16(23-10-8-22-9-11-23)15-13(17(19,20)21)6-4-7-14(15)18/h4,6-7,12,16,22H,3,5,8-11H2,1-2H3/t12?,16-/m1/s1. The van der Waals surface area contributed by atoms with Crippen molar-refractivity contribution in [3.8, 4) is 0 Å². The predicted octanol–water partition coefficient (Wildman–Crippen LogP) is 4.23. The zero-order valence-corrected chi connectivity index (χ0v) is 13.6. The molecule has 0 aromatic heterocycles. The van der Waals surface area contributed by atoms with Crippen LogP contribution >= 0.6 is 0 Å². The summed E-state index contributed by atoms with van der Waals surface area (Å²) < 4.78 is 54.7. The zero-order valence-electron chi connectivity index (χ0n) is 13.6. The van der Waals surface area contributed by atoms with E-state index in [4.69, 9.17) is 0 Å². The van der Waals surface area contributed by atoms with Gasteiger partial charge in [-0.25, -0.2) is 4.39 Å². The van der Waals surface area contributed by atoms with Crippen LogP contribution < -0.4 is 5.32 Å². The minimum atomic E-state index is -4.55. The number of hydrogen-bond acceptors (Lipinski definition) is 2. The third kappa shape index (κ3) is 4.23. The van der Waals surface area contributed by atoms with E-state index in [2.05, 4.69) is 5.32 Å². The highest BCUT2D eigenvalue weighted by Gasteiger charge is 2.39. The fourth-order valence-corrected chi connectivity index (χ4v) is 3.49. The summed E-state index contributed by atoms with van der Waals surface area (Å²) in [5.41, 5.74) is -1.04. The summed E-state index contributed by atoms with van der Waals surface area (Å²) in [4.78, 5) is 1.99. The van der Waals surface area contributed by atoms with Crippen LogP contribution in [0.3, 0.4) is 0 Å². The molecule has 2 rings (SSSR count). The van der Waals surface area contributed by atoms with Gasteiger partial charge in [-0.1, -0.05) is 26.3 Å². The molecule has 1 aliphatic rings. The number of nitrogens with zero attached hydrogens (tertiary/aromatic N) is 1. The maximum atomic E-state index is 14.4. The van der Waals surface area contributed by atoms with Gasteiger partial charge in [0, 0.05) is 37.8 Å². The van der Waals surface area contributed by atoms with Crippen LogP contribution in [-0.4, -0.2) is 31.1 Å². The molecule has 1 heterocycles. The Kier molecular flexibility index (Phi) is 6.03. The van der Waals surface area contributed by atoms with E-state index in [0.29, 0.717) is 26.2 Å². The van der Waals surface area contributed by atoms with Crippen LogP contribution in [0.1, 0.15) is 43.9 Å². The first-order chi connectivity index (χ1) is 10.9. The van der Waals surface area contributed by atoms with Gasteiger partial charge in [0.15, 0.2) is 0 Å². The van der Waals surface area contributed by atoms with Gasteiger partial charge in [0.1, 0.15) is 5.82 Å². The number of benzene rings is 1. The quantitative estimate of drug-likeness (QED) is 0.812. The fraction of sp³-hybridized carbons (Fsp3) is 0.647. The average molecular weight is 332 g/mol. The lowest BCUT2D eigenvalue weighted by Crippen LogP contribution is -2.47. The molecule has 2 nitrogen and oxygen atoms in total. The van der Waals surface area contributed by atoms with Crippen molar-refractivity contribution in [2.45, 2.75) is 38.9 Å². The van der Waals surface area contributed by atoms with Gasteiger partial charge in [-0.15, -0.1) is 0 Å². The Hall–Kier alpha value is -1.14. The van der Waals surface area contributed by atoms with Crippen molar-refractivity contribution in [1.82, 2.24) is 10.2 Å². The Morgan fingerprint density at radius 3 is 2.43 bits per heavy atom. The predicted molar refractivity (Wildman–Crippen MR) is 82.7 cm³/mol. The van der Waals surface area contributed by atoms with Crippen LogP contribution in [-0.2, 0) is 6.18 Å². The third-order valence-electron chi connectivity index (χ3n) is 4.48. The van der Waals surface area contributed by atoms with Gasteiger partial charge in [0.25, 0.3) is 0 Å². The first-order valence-corrected chi connectivity index (χ1v) is 8.16. The molecule has 1 saturated heterocycles. The van der Waals surface area contributed by atoms with Gasteiger partial charge < -0.3 is 5.32 Å². The van der Waals surface area contributed by atoms with Gasteiger partial charge in [0.2, 0.25) is 0 Å². The molecule has 130 valence electrons. The van der Waals surface area contributed by atoms with E-state index < -0.39 is 23.6 Å². The average Bonchev–Trinajstić information content (AvgIpc) is 2.49. The van der Waals surface area contributed by atoms with E-state index in [9.17, 15) is 17.6 Å². The molecule has 23 heavy (non-hydrogen) atoms. The van der Waals surface area contributed by atoms with Crippen LogP contribution in [0.5, 0.6) is 0 Å². The Morgan fingerprint density at radius 2 is 1.87 bits per heavy atom. The first kappa shape index (κ1) is 18.2. The molecular formula is C17H24F4N2. The Morgan fingerprint density at radius 1 is 1.22 bits per heavy atom. The zero-order chi connectivity index (χ0) is 17.0. The van der Waals surface area contributed by atoms with Gasteiger partial charge in [-0.3, -0.25) is 4.90 Å². The lowest BCUT2D eigenvalue weighted by atomic mass is 9.86. The molecule has 1 aromatic carbocycles. The molecule has 2 atom stereocenters. The minimum absolute atomic E-state index is 0.0453. The molecule has 0 bridgehead atoms. The summed E-state index contributed by atoms with van der Waals surface area (Å²) in [5.74, 6) is -0.803. The van der Waals surface area contributed by atoms with Crippen molar-refractivity contribution < 1.29 is 17.6 Å². The summed E-state index contributed by atoms with van der Waals surface area (Å²) in [7, 11) is 0. The molecule has 0 amide bonds. The lowest BCUT2D eigenvalue weighted by Gasteiger charge is -2.39. The van der Waals surface area contributed by atoms with Gasteiger partial charge in [-0.2, -0.15) is 13.2 Å². The maximum Gasteiger partial charge on any atom is 0.416 e. The molecule has 0 radical (unpaired) electrons. The lowest BCUT2D eigenvalue weighted by molar-refractivity contribution is -0.139. The molecule has 1 aliphatic heterocycles. The SMILES string of the molecule is CCCC(C)[C@H](c1c(F)cccc1C(F)(F)F)N1CCNCC1. The molecule has 0 spiro atoms. The Labute approximate surface area is 134 Å². The molecule has 1 N–H and O–H groups in total. The molecule has 1 unspecified atom stereocenters. The fourth-order valence-electron chi connectivity index (χ4n) is 3.49. The number of piperazine rings is 1. The van der Waals surface area contributed by atoms with E-state index in [1.54, 1.807) is 0 Å². The summed E-state index contributed by atoms with van der Waals surface area (Å²) in [6.07, 6.45) is -2.92. The summed E-state index contributed by atoms with van der Waals surface area (Å²) >= 11 is 0. The highest BCUT2D eigenvalue weighted by atomic mass is 19.4. The molecule has 6 heteroatoms. The van der Waals surface area contributed by atoms with Crippen molar-refractivity contribution in [2.24, 2.45) is 5.92 Å². The van der Waals surface area contributed by atoms with Crippen LogP contribution in [0.2, 0.25) is 0 Å². The molecular weight excluding hydrogens is 308 g/mol. The second kappa shape index (κ2) is 7.62. The monoisotopic (exact) mass is 332 g/mol. The Balaban J connectivity index is 2.50. The van der Waals surface area contributed by atoms with Crippen molar-refractivity contribution in [2.75, 3.05) is 26.2 Å². The normalized spacial score (nSPS) is 19.6.